The van der Waals surface area contributed by atoms with E-state index in [1.807, 2.05) is 0 Å². The number of rotatable bonds is 2. The second-order valence-electron chi connectivity index (χ2n) is 5.42. The number of aliphatic hydroxyl groups is 1. The van der Waals surface area contributed by atoms with Crippen LogP contribution in [0.2, 0.25) is 0 Å². The molecule has 0 aliphatic heterocycles. The van der Waals surface area contributed by atoms with E-state index in [2.05, 4.69) is 30.3 Å². The maximum absolute atomic E-state index is 9.55. The van der Waals surface area contributed by atoms with Gasteiger partial charge in [-0.3, -0.25) is 0 Å². The lowest BCUT2D eigenvalue weighted by atomic mass is 9.79. The molecule has 0 fully saturated rings. The largest absolute Gasteiger partial charge is 0.389 e. The molecule has 0 saturated heterocycles. The molecule has 0 aromatic heterocycles. The van der Waals surface area contributed by atoms with Gasteiger partial charge in [-0.05, 0) is 55.6 Å². The summed E-state index contributed by atoms with van der Waals surface area (Å²) in [5.41, 5.74) is 4.57. The van der Waals surface area contributed by atoms with Crippen molar-refractivity contribution < 1.29 is 5.11 Å². The van der Waals surface area contributed by atoms with Crippen molar-refractivity contribution in [2.75, 3.05) is 0 Å². The maximum Gasteiger partial charge on any atom is 0.0726 e. The van der Waals surface area contributed by atoms with Gasteiger partial charge in [-0.25, -0.2) is 0 Å². The first-order valence-electron chi connectivity index (χ1n) is 6.78. The molecule has 2 unspecified atom stereocenters. The van der Waals surface area contributed by atoms with Gasteiger partial charge in [0.15, 0.2) is 0 Å². The molecule has 0 heterocycles. The molecule has 0 amide bonds. The first kappa shape index (κ1) is 11.0. The Hall–Kier alpha value is -1.08. The molecule has 0 bridgehead atoms. The zero-order valence-corrected chi connectivity index (χ0v) is 10.2. The number of aryl methyl sites for hydroxylation is 1. The molecule has 1 nitrogen and oxygen atoms in total. The van der Waals surface area contributed by atoms with E-state index in [0.29, 0.717) is 5.92 Å². The van der Waals surface area contributed by atoms with Gasteiger partial charge in [0.05, 0.1) is 6.10 Å². The van der Waals surface area contributed by atoms with Crippen LogP contribution < -0.4 is 0 Å². The van der Waals surface area contributed by atoms with Crippen LogP contribution in [0.5, 0.6) is 0 Å². The maximum atomic E-state index is 9.55. The number of fused-ring (bicyclic) bond motifs is 1. The molecule has 1 aromatic carbocycles. The minimum atomic E-state index is -0.177. The van der Waals surface area contributed by atoms with Crippen LogP contribution in [0.4, 0.5) is 0 Å². The van der Waals surface area contributed by atoms with E-state index in [1.165, 1.54) is 24.8 Å². The fourth-order valence-electron chi connectivity index (χ4n) is 3.33. The van der Waals surface area contributed by atoms with E-state index in [9.17, 15) is 5.11 Å². The van der Waals surface area contributed by atoms with Crippen LogP contribution >= 0.6 is 0 Å². The Labute approximate surface area is 103 Å². The van der Waals surface area contributed by atoms with E-state index >= 15 is 0 Å². The smallest absolute Gasteiger partial charge is 0.0726 e. The van der Waals surface area contributed by atoms with Gasteiger partial charge in [0, 0.05) is 0 Å². The Bertz CT molecular complexity index is 433. The molecular weight excluding hydrogens is 208 g/mol. The molecule has 1 heteroatoms. The lowest BCUT2D eigenvalue weighted by Gasteiger charge is -2.25. The molecule has 1 N–H and O–H groups in total. The van der Waals surface area contributed by atoms with Crippen molar-refractivity contribution in [1.29, 1.82) is 0 Å². The van der Waals surface area contributed by atoms with Gasteiger partial charge in [-0.1, -0.05) is 35.9 Å². The summed E-state index contributed by atoms with van der Waals surface area (Å²) in [4.78, 5) is 0. The van der Waals surface area contributed by atoms with Gasteiger partial charge in [-0.2, -0.15) is 0 Å². The molecule has 1 aromatic rings. The Morgan fingerprint density at radius 1 is 1.12 bits per heavy atom. The summed E-state index contributed by atoms with van der Waals surface area (Å²) in [5, 5.41) is 9.55. The fourth-order valence-corrected chi connectivity index (χ4v) is 3.33. The highest BCUT2D eigenvalue weighted by atomic mass is 16.3. The minimum Gasteiger partial charge on any atom is -0.389 e. The Morgan fingerprint density at radius 3 is 2.82 bits per heavy atom. The van der Waals surface area contributed by atoms with Crippen molar-refractivity contribution in [2.45, 2.75) is 50.5 Å². The summed E-state index contributed by atoms with van der Waals surface area (Å²) < 4.78 is 0. The quantitative estimate of drug-likeness (QED) is 0.767. The highest BCUT2D eigenvalue weighted by Crippen LogP contribution is 2.38. The van der Waals surface area contributed by atoms with Crippen LogP contribution in [0.1, 0.15) is 49.1 Å². The lowest BCUT2D eigenvalue weighted by Crippen LogP contribution is -2.10. The van der Waals surface area contributed by atoms with E-state index < -0.39 is 0 Å². The first-order chi connectivity index (χ1) is 8.33. The molecule has 2 aliphatic rings. The SMILES string of the molecule is OC1C=C(CC2CCCc3ccccc32)CC1. The van der Waals surface area contributed by atoms with E-state index in [4.69, 9.17) is 0 Å². The van der Waals surface area contributed by atoms with Gasteiger partial charge in [0.25, 0.3) is 0 Å². The number of hydrogen-bond acceptors (Lipinski definition) is 1. The van der Waals surface area contributed by atoms with Crippen LogP contribution in [0.15, 0.2) is 35.9 Å². The number of hydrogen-bond donors (Lipinski definition) is 1. The Morgan fingerprint density at radius 2 is 2.00 bits per heavy atom. The van der Waals surface area contributed by atoms with Crippen molar-refractivity contribution in [2.24, 2.45) is 0 Å². The Kier molecular flexibility index (Phi) is 3.02. The molecule has 90 valence electrons. The molecule has 0 radical (unpaired) electrons. The average molecular weight is 228 g/mol. The van der Waals surface area contributed by atoms with Crippen LogP contribution in [0.25, 0.3) is 0 Å². The minimum absolute atomic E-state index is 0.177. The summed E-state index contributed by atoms with van der Waals surface area (Å²) in [6.45, 7) is 0. The van der Waals surface area contributed by atoms with Gasteiger partial charge in [-0.15, -0.1) is 0 Å². The fraction of sp³-hybridized carbons (Fsp3) is 0.500. The van der Waals surface area contributed by atoms with Gasteiger partial charge in [0.2, 0.25) is 0 Å². The monoisotopic (exact) mass is 228 g/mol. The van der Waals surface area contributed by atoms with Crippen LogP contribution in [0, 0.1) is 0 Å². The highest BCUT2D eigenvalue weighted by Gasteiger charge is 2.22. The number of allylic oxidation sites excluding steroid dienone is 1. The highest BCUT2D eigenvalue weighted by molar-refractivity contribution is 5.34. The van der Waals surface area contributed by atoms with E-state index in [0.717, 1.165) is 19.3 Å². The van der Waals surface area contributed by atoms with E-state index in [-0.39, 0.29) is 6.10 Å². The summed E-state index contributed by atoms with van der Waals surface area (Å²) >= 11 is 0. The molecule has 2 aliphatic carbocycles. The lowest BCUT2D eigenvalue weighted by molar-refractivity contribution is 0.223. The van der Waals surface area contributed by atoms with E-state index in [1.54, 1.807) is 11.1 Å². The number of aliphatic hydroxyl groups excluding tert-OH is 1. The predicted octanol–water partition coefficient (Wildman–Crippen LogP) is 3.58. The molecule has 17 heavy (non-hydrogen) atoms. The van der Waals surface area contributed by atoms with Crippen LogP contribution in [-0.4, -0.2) is 11.2 Å². The summed E-state index contributed by atoms with van der Waals surface area (Å²) in [7, 11) is 0. The standard InChI is InChI=1S/C16H20O/c17-15-9-8-12(11-15)10-14-6-3-5-13-4-1-2-7-16(13)14/h1-2,4,7,11,14-15,17H,3,5-6,8-10H2. The second-order valence-corrected chi connectivity index (χ2v) is 5.42. The third kappa shape index (κ3) is 2.30. The first-order valence-corrected chi connectivity index (χ1v) is 6.78. The van der Waals surface area contributed by atoms with Crippen molar-refractivity contribution in [3.8, 4) is 0 Å². The van der Waals surface area contributed by atoms with Crippen LogP contribution in [0.3, 0.4) is 0 Å². The third-order valence-corrected chi connectivity index (χ3v) is 4.19. The predicted molar refractivity (Wildman–Crippen MR) is 70.1 cm³/mol. The van der Waals surface area contributed by atoms with Crippen molar-refractivity contribution in [1.82, 2.24) is 0 Å². The van der Waals surface area contributed by atoms with Gasteiger partial charge < -0.3 is 5.11 Å². The van der Waals surface area contributed by atoms with Crippen LogP contribution in [-0.2, 0) is 6.42 Å². The zero-order valence-electron chi connectivity index (χ0n) is 10.2. The summed E-state index contributed by atoms with van der Waals surface area (Å²) in [6, 6.07) is 8.89. The summed E-state index contributed by atoms with van der Waals surface area (Å²) in [5.74, 6) is 0.691. The van der Waals surface area contributed by atoms with Crippen molar-refractivity contribution in [3.63, 3.8) is 0 Å². The second kappa shape index (κ2) is 4.66. The zero-order chi connectivity index (χ0) is 11.7. The van der Waals surface area contributed by atoms with Gasteiger partial charge >= 0.3 is 0 Å². The van der Waals surface area contributed by atoms with Crippen molar-refractivity contribution >= 4 is 0 Å². The molecular formula is C16H20O. The molecule has 2 atom stereocenters. The topological polar surface area (TPSA) is 20.2 Å². The molecule has 3 rings (SSSR count). The third-order valence-electron chi connectivity index (χ3n) is 4.19. The molecule has 0 spiro atoms. The number of benzene rings is 1. The normalized spacial score (nSPS) is 27.7. The van der Waals surface area contributed by atoms with Gasteiger partial charge in [0.1, 0.15) is 0 Å². The van der Waals surface area contributed by atoms with Crippen molar-refractivity contribution in [3.05, 3.63) is 47.0 Å². The summed E-state index contributed by atoms with van der Waals surface area (Å²) in [6.07, 6.45) is 8.97. The Balaban J connectivity index is 1.79. The average Bonchev–Trinajstić information content (AvgIpc) is 2.75. The molecule has 0 saturated carbocycles.